The lowest BCUT2D eigenvalue weighted by Crippen LogP contribution is -2.44. The first kappa shape index (κ1) is 13.8. The molecule has 0 aliphatic rings. The van der Waals surface area contributed by atoms with Gasteiger partial charge in [-0.25, -0.2) is 4.79 Å². The molecule has 1 atom stereocenters. The Kier molecular flexibility index (Phi) is 4.98. The van der Waals surface area contributed by atoms with Crippen molar-refractivity contribution in [2.24, 2.45) is 0 Å². The number of nitrogens with one attached hydrogen (secondary N) is 2. The quantitative estimate of drug-likeness (QED) is 0.728. The number of carbonyl (C=O) groups excluding carboxylic acids is 1. The molecule has 0 radical (unpaired) electrons. The molecule has 6 nitrogen and oxygen atoms in total. The van der Waals surface area contributed by atoms with E-state index in [0.717, 1.165) is 5.56 Å². The maximum atomic E-state index is 11.4. The molecule has 0 saturated carbocycles. The summed E-state index contributed by atoms with van der Waals surface area (Å²) in [5.74, 6) is -0.411. The van der Waals surface area contributed by atoms with Crippen LogP contribution in [0.4, 0.5) is 4.79 Å². The van der Waals surface area contributed by atoms with Crippen molar-refractivity contribution in [1.82, 2.24) is 10.6 Å². The van der Waals surface area contributed by atoms with Gasteiger partial charge in [-0.2, -0.15) is 0 Å². The van der Waals surface area contributed by atoms with Crippen LogP contribution in [0.25, 0.3) is 0 Å². The number of rotatable bonds is 5. The van der Waals surface area contributed by atoms with Crippen LogP contribution in [0.5, 0.6) is 5.75 Å². The number of hydrogen-bond acceptors (Lipinski definition) is 3. The van der Waals surface area contributed by atoms with E-state index < -0.39 is 18.0 Å². The molecule has 6 heteroatoms. The molecule has 0 fully saturated rings. The number of carboxylic acid groups (broad SMARTS) is 1. The van der Waals surface area contributed by atoms with Gasteiger partial charge >= 0.3 is 12.0 Å². The van der Waals surface area contributed by atoms with E-state index in [0.29, 0.717) is 5.75 Å². The molecule has 1 aromatic rings. The summed E-state index contributed by atoms with van der Waals surface area (Å²) in [4.78, 5) is 22.0. The zero-order chi connectivity index (χ0) is 13.5. The Morgan fingerprint density at radius 3 is 2.67 bits per heavy atom. The van der Waals surface area contributed by atoms with Gasteiger partial charge in [-0.15, -0.1) is 0 Å². The van der Waals surface area contributed by atoms with Gasteiger partial charge in [0.2, 0.25) is 0 Å². The Morgan fingerprint density at radius 2 is 2.06 bits per heavy atom. The van der Waals surface area contributed by atoms with Crippen LogP contribution in [0.3, 0.4) is 0 Å². The Labute approximate surface area is 105 Å². The van der Waals surface area contributed by atoms with E-state index in [-0.39, 0.29) is 6.54 Å². The summed E-state index contributed by atoms with van der Waals surface area (Å²) in [6, 6.07) is 5.80. The van der Waals surface area contributed by atoms with E-state index in [4.69, 9.17) is 9.84 Å². The van der Waals surface area contributed by atoms with E-state index in [1.807, 2.05) is 18.2 Å². The van der Waals surface area contributed by atoms with Crippen LogP contribution in [0.2, 0.25) is 0 Å². The zero-order valence-electron chi connectivity index (χ0n) is 10.3. The molecule has 98 valence electrons. The van der Waals surface area contributed by atoms with Crippen LogP contribution < -0.4 is 15.4 Å². The highest BCUT2D eigenvalue weighted by molar-refractivity contribution is 5.82. The predicted molar refractivity (Wildman–Crippen MR) is 65.5 cm³/mol. The van der Waals surface area contributed by atoms with Crippen molar-refractivity contribution < 1.29 is 19.4 Å². The van der Waals surface area contributed by atoms with Gasteiger partial charge in [0, 0.05) is 12.1 Å². The smallest absolute Gasteiger partial charge is 0.325 e. The van der Waals surface area contributed by atoms with Crippen molar-refractivity contribution in [2.45, 2.75) is 19.5 Å². The third-order valence-corrected chi connectivity index (χ3v) is 2.35. The number of para-hydroxylation sites is 1. The van der Waals surface area contributed by atoms with Crippen molar-refractivity contribution in [3.05, 3.63) is 29.8 Å². The van der Waals surface area contributed by atoms with E-state index >= 15 is 0 Å². The maximum absolute atomic E-state index is 11.4. The molecule has 1 rings (SSSR count). The number of carbonyl (C=O) groups is 2. The van der Waals surface area contributed by atoms with Gasteiger partial charge in [0.05, 0.1) is 7.11 Å². The minimum absolute atomic E-state index is 0.266. The molecule has 0 unspecified atom stereocenters. The third-order valence-electron chi connectivity index (χ3n) is 2.35. The molecule has 0 heterocycles. The fraction of sp³-hybridized carbons (Fsp3) is 0.333. The van der Waals surface area contributed by atoms with Gasteiger partial charge in [-0.05, 0) is 13.0 Å². The number of aliphatic carboxylic acids is 1. The Balaban J connectivity index is 2.50. The summed E-state index contributed by atoms with van der Waals surface area (Å²) >= 11 is 0. The SMILES string of the molecule is COc1ccccc1CNC(=O)N[C@H](C)C(=O)O. The van der Waals surface area contributed by atoms with E-state index in [9.17, 15) is 9.59 Å². The van der Waals surface area contributed by atoms with Crippen LogP contribution >= 0.6 is 0 Å². The largest absolute Gasteiger partial charge is 0.496 e. The van der Waals surface area contributed by atoms with Crippen LogP contribution in [0.1, 0.15) is 12.5 Å². The average Bonchev–Trinajstić information content (AvgIpc) is 2.36. The Morgan fingerprint density at radius 1 is 1.39 bits per heavy atom. The summed E-state index contributed by atoms with van der Waals surface area (Å²) in [6.45, 7) is 1.66. The molecule has 0 bridgehead atoms. The number of carboxylic acids is 1. The maximum Gasteiger partial charge on any atom is 0.325 e. The molecule has 0 aliphatic carbocycles. The van der Waals surface area contributed by atoms with E-state index in [1.165, 1.54) is 6.92 Å². The second-order valence-corrected chi connectivity index (χ2v) is 3.70. The zero-order valence-corrected chi connectivity index (χ0v) is 10.3. The fourth-order valence-electron chi connectivity index (χ4n) is 1.33. The summed E-state index contributed by atoms with van der Waals surface area (Å²) < 4.78 is 5.13. The Bertz CT molecular complexity index is 434. The first-order valence-corrected chi connectivity index (χ1v) is 5.43. The number of hydrogen-bond donors (Lipinski definition) is 3. The summed E-state index contributed by atoms with van der Waals surface area (Å²) in [5, 5.41) is 13.5. The summed E-state index contributed by atoms with van der Waals surface area (Å²) in [5.41, 5.74) is 0.818. The van der Waals surface area contributed by atoms with Crippen molar-refractivity contribution in [1.29, 1.82) is 0 Å². The molecule has 18 heavy (non-hydrogen) atoms. The van der Waals surface area contributed by atoms with Crippen LogP contribution in [-0.2, 0) is 11.3 Å². The minimum atomic E-state index is -1.08. The summed E-state index contributed by atoms with van der Waals surface area (Å²) in [6.07, 6.45) is 0. The molecule has 0 saturated heterocycles. The Hall–Kier alpha value is -2.24. The molecule has 3 N–H and O–H groups in total. The van der Waals surface area contributed by atoms with Gasteiger partial charge in [0.25, 0.3) is 0 Å². The average molecular weight is 252 g/mol. The van der Waals surface area contributed by atoms with Crippen LogP contribution in [-0.4, -0.2) is 30.3 Å². The molecule has 0 aromatic heterocycles. The molecule has 0 aliphatic heterocycles. The lowest BCUT2D eigenvalue weighted by atomic mass is 10.2. The van der Waals surface area contributed by atoms with E-state index in [2.05, 4.69) is 10.6 Å². The number of methoxy groups -OCH3 is 1. The van der Waals surface area contributed by atoms with Gasteiger partial charge in [0.15, 0.2) is 0 Å². The van der Waals surface area contributed by atoms with Crippen molar-refractivity contribution >= 4 is 12.0 Å². The standard InChI is InChI=1S/C12H16N2O4/c1-8(11(15)16)14-12(17)13-7-9-5-3-4-6-10(9)18-2/h3-6,8H,7H2,1-2H3,(H,15,16)(H2,13,14,17)/t8-/m1/s1. The van der Waals surface area contributed by atoms with Gasteiger partial charge in [0.1, 0.15) is 11.8 Å². The molecule has 1 aromatic carbocycles. The van der Waals surface area contributed by atoms with Gasteiger partial charge < -0.3 is 20.5 Å². The molecule has 2 amide bonds. The normalized spacial score (nSPS) is 11.4. The van der Waals surface area contributed by atoms with E-state index in [1.54, 1.807) is 13.2 Å². The monoisotopic (exact) mass is 252 g/mol. The molecular formula is C12H16N2O4. The minimum Gasteiger partial charge on any atom is -0.496 e. The van der Waals surface area contributed by atoms with Crippen LogP contribution in [0, 0.1) is 0 Å². The first-order valence-electron chi connectivity index (χ1n) is 5.43. The van der Waals surface area contributed by atoms with Crippen molar-refractivity contribution in [3.8, 4) is 5.75 Å². The number of benzene rings is 1. The molecular weight excluding hydrogens is 236 g/mol. The van der Waals surface area contributed by atoms with Crippen molar-refractivity contribution in [3.63, 3.8) is 0 Å². The highest BCUT2D eigenvalue weighted by Crippen LogP contribution is 2.16. The van der Waals surface area contributed by atoms with Gasteiger partial charge in [-0.1, -0.05) is 18.2 Å². The number of ether oxygens (including phenoxy) is 1. The third kappa shape index (κ3) is 3.97. The predicted octanol–water partition coefficient (Wildman–Crippen LogP) is 0.968. The lowest BCUT2D eigenvalue weighted by Gasteiger charge is -2.12. The molecule has 0 spiro atoms. The van der Waals surface area contributed by atoms with Gasteiger partial charge in [-0.3, -0.25) is 4.79 Å². The van der Waals surface area contributed by atoms with Crippen molar-refractivity contribution in [2.75, 3.05) is 7.11 Å². The second-order valence-electron chi connectivity index (χ2n) is 3.70. The summed E-state index contributed by atoms with van der Waals surface area (Å²) in [7, 11) is 1.55. The number of urea groups is 1. The highest BCUT2D eigenvalue weighted by atomic mass is 16.5. The number of amides is 2. The first-order chi connectivity index (χ1) is 8.54. The fourth-order valence-corrected chi connectivity index (χ4v) is 1.33. The topological polar surface area (TPSA) is 87.7 Å². The second kappa shape index (κ2) is 6.48. The van der Waals surface area contributed by atoms with Crippen LogP contribution in [0.15, 0.2) is 24.3 Å². The highest BCUT2D eigenvalue weighted by Gasteiger charge is 2.13. The lowest BCUT2D eigenvalue weighted by molar-refractivity contribution is -0.138.